The summed E-state index contributed by atoms with van der Waals surface area (Å²) in [4.78, 5) is 0. The summed E-state index contributed by atoms with van der Waals surface area (Å²) in [5, 5.41) is 0. The first kappa shape index (κ1) is 37.1. The number of benzene rings is 3. The first-order valence-electron chi connectivity index (χ1n) is 23.2. The van der Waals surface area contributed by atoms with E-state index in [1.165, 1.54) is 102 Å². The monoisotopic (exact) mass is 882 g/mol. The van der Waals surface area contributed by atoms with Crippen LogP contribution in [0.3, 0.4) is 0 Å². The van der Waals surface area contributed by atoms with Gasteiger partial charge in [0.2, 0.25) is 0 Å². The zero-order chi connectivity index (χ0) is 39.9. The van der Waals surface area contributed by atoms with E-state index in [9.17, 15) is 0 Å². The molecule has 0 spiro atoms. The fraction of sp³-hybridized carbons (Fsp3) is 0.414. The van der Waals surface area contributed by atoms with Crippen LogP contribution in [-0.2, 0) is 5.41 Å². The van der Waals surface area contributed by atoms with Gasteiger partial charge in [0.25, 0.3) is 0 Å². The van der Waals surface area contributed by atoms with Gasteiger partial charge in [-0.2, -0.15) is 0 Å². The molecule has 1 heteroatoms. The van der Waals surface area contributed by atoms with Crippen molar-refractivity contribution in [2.75, 3.05) is 0 Å². The second kappa shape index (κ2) is 13.4. The standard InChI is InChI=1S/C58H59I/c1-33-41-21-16-37(40-20-25-45-53(30-40)58(4,5)54-32-47(35-14-10-7-11-15-35)48-31-49(48)55(45)54)27-50(41)56(59)44-24-19-36(26-46(33)44)39-18-23-43-42-22-17-38(34-12-8-6-9-13-34)28-51(42)57(2,3)52(43)29-39/h6-10,12-14,16-18,21-23,27-28,30,32,36,39,44-46,48-49,53,56H,1,11,15,19-20,24-26,29,31H2,2-5H3. The fourth-order valence-electron chi connectivity index (χ4n) is 14.3. The molecule has 9 aliphatic rings. The molecule has 0 bridgehead atoms. The lowest BCUT2D eigenvalue weighted by Gasteiger charge is -2.46. The molecule has 0 N–H and O–H groups in total. The molecule has 0 radical (unpaired) electrons. The van der Waals surface area contributed by atoms with Gasteiger partial charge in [0.1, 0.15) is 0 Å². The number of hydrogen-bond acceptors (Lipinski definition) is 0. The van der Waals surface area contributed by atoms with Crippen molar-refractivity contribution in [2.45, 2.75) is 94.8 Å². The number of hydrogen-bond donors (Lipinski definition) is 0. The Hall–Kier alpha value is -3.69. The third-order valence-corrected chi connectivity index (χ3v) is 19.2. The largest absolute Gasteiger partial charge is 0.0949 e. The molecule has 0 aromatic heterocycles. The predicted molar refractivity (Wildman–Crippen MR) is 257 cm³/mol. The van der Waals surface area contributed by atoms with Crippen LogP contribution in [0.1, 0.15) is 117 Å². The van der Waals surface area contributed by atoms with Gasteiger partial charge in [-0.05, 0) is 195 Å². The summed E-state index contributed by atoms with van der Waals surface area (Å²) in [7, 11) is 0. The second-order valence-corrected chi connectivity index (χ2v) is 22.4. The van der Waals surface area contributed by atoms with E-state index >= 15 is 0 Å². The van der Waals surface area contributed by atoms with Crippen molar-refractivity contribution < 1.29 is 0 Å². The summed E-state index contributed by atoms with van der Waals surface area (Å²) < 4.78 is 0.547. The molecule has 9 aliphatic carbocycles. The Labute approximate surface area is 367 Å². The van der Waals surface area contributed by atoms with Crippen molar-refractivity contribution in [3.63, 3.8) is 0 Å². The maximum absolute atomic E-state index is 4.92. The van der Waals surface area contributed by atoms with E-state index in [1.54, 1.807) is 33.4 Å². The van der Waals surface area contributed by atoms with E-state index in [0.29, 0.717) is 33.5 Å². The number of alkyl halides is 1. The molecule has 0 amide bonds. The summed E-state index contributed by atoms with van der Waals surface area (Å²) in [6.45, 7) is 15.0. The van der Waals surface area contributed by atoms with E-state index < -0.39 is 0 Å². The van der Waals surface area contributed by atoms with Crippen molar-refractivity contribution in [1.29, 1.82) is 0 Å². The van der Waals surface area contributed by atoms with Gasteiger partial charge in [-0.1, -0.05) is 165 Å². The zero-order valence-corrected chi connectivity index (χ0v) is 37.7. The second-order valence-electron chi connectivity index (χ2n) is 21.1. The Morgan fingerprint density at radius 2 is 1.59 bits per heavy atom. The molecule has 0 nitrogen and oxygen atoms in total. The minimum absolute atomic E-state index is 0.0531. The van der Waals surface area contributed by atoms with E-state index in [1.807, 2.05) is 5.57 Å². The zero-order valence-electron chi connectivity index (χ0n) is 35.5. The summed E-state index contributed by atoms with van der Waals surface area (Å²) in [6, 6.07) is 25.7. The molecule has 298 valence electrons. The topological polar surface area (TPSA) is 0 Å². The van der Waals surface area contributed by atoms with Gasteiger partial charge >= 0.3 is 0 Å². The molecule has 9 atom stereocenters. The number of halogens is 1. The first-order chi connectivity index (χ1) is 28.6. The fourth-order valence-corrected chi connectivity index (χ4v) is 15.6. The minimum Gasteiger partial charge on any atom is -0.0949 e. The van der Waals surface area contributed by atoms with Crippen LogP contribution in [0.5, 0.6) is 0 Å². The molecule has 0 saturated heterocycles. The van der Waals surface area contributed by atoms with Crippen molar-refractivity contribution in [3.05, 3.63) is 172 Å². The molecular formula is C58H59I. The maximum atomic E-state index is 4.92. The molecule has 2 fully saturated rings. The van der Waals surface area contributed by atoms with E-state index in [0.717, 1.165) is 17.8 Å². The van der Waals surface area contributed by atoms with Gasteiger partial charge in [0, 0.05) is 9.34 Å². The number of rotatable bonds is 4. The molecule has 0 aliphatic heterocycles. The quantitative estimate of drug-likeness (QED) is 0.181. The van der Waals surface area contributed by atoms with Crippen molar-refractivity contribution in [3.8, 4) is 11.1 Å². The average molecular weight is 883 g/mol. The highest BCUT2D eigenvalue weighted by molar-refractivity contribution is 14.1. The summed E-state index contributed by atoms with van der Waals surface area (Å²) in [6.07, 6.45) is 29.1. The summed E-state index contributed by atoms with van der Waals surface area (Å²) in [5.41, 5.74) is 23.4. The average Bonchev–Trinajstić information content (AvgIpc) is 4.00. The summed E-state index contributed by atoms with van der Waals surface area (Å²) in [5.74, 6) is 5.51. The van der Waals surface area contributed by atoms with Crippen molar-refractivity contribution in [2.24, 2.45) is 52.8 Å². The highest BCUT2D eigenvalue weighted by atomic mass is 127. The molecule has 0 heterocycles. The Morgan fingerprint density at radius 1 is 0.763 bits per heavy atom. The molecule has 2 saturated carbocycles. The van der Waals surface area contributed by atoms with Gasteiger partial charge in [0.15, 0.2) is 0 Å². The number of allylic oxidation sites excluding steroid dienone is 15. The molecular weight excluding hydrogens is 824 g/mol. The van der Waals surface area contributed by atoms with Crippen LogP contribution in [-0.4, -0.2) is 0 Å². The molecule has 3 aromatic carbocycles. The van der Waals surface area contributed by atoms with Crippen LogP contribution >= 0.6 is 22.6 Å². The SMILES string of the molecule is C=C1c2ccc(C3=CC4C(CC3)C3=C(C=C(C5=CC=CCC5)C5CC35)C4(C)C)cc2C(I)C2CCC(C3C=CC4=C(C3)C(C)(C)c3cc(-c5ccccc5)ccc34)CC12. The smallest absolute Gasteiger partial charge is 0.0399 e. The summed E-state index contributed by atoms with van der Waals surface area (Å²) >= 11 is 2.85. The Morgan fingerprint density at radius 3 is 2.42 bits per heavy atom. The highest BCUT2D eigenvalue weighted by Gasteiger charge is 2.57. The molecule has 3 aromatic rings. The van der Waals surface area contributed by atoms with E-state index in [2.05, 4.69) is 160 Å². The van der Waals surface area contributed by atoms with Gasteiger partial charge in [-0.25, -0.2) is 0 Å². The molecule has 59 heavy (non-hydrogen) atoms. The van der Waals surface area contributed by atoms with Crippen LogP contribution in [0.25, 0.3) is 27.8 Å². The Kier molecular flexibility index (Phi) is 8.43. The normalized spacial score (nSPS) is 34.1. The third kappa shape index (κ3) is 5.57. The van der Waals surface area contributed by atoms with Crippen molar-refractivity contribution >= 4 is 39.3 Å². The highest BCUT2D eigenvalue weighted by Crippen LogP contribution is 2.68. The van der Waals surface area contributed by atoms with Crippen LogP contribution in [0.15, 0.2) is 144 Å². The van der Waals surface area contributed by atoms with Gasteiger partial charge < -0.3 is 0 Å². The lowest BCUT2D eigenvalue weighted by molar-refractivity contribution is 0.181. The van der Waals surface area contributed by atoms with Gasteiger partial charge in [-0.3, -0.25) is 0 Å². The van der Waals surface area contributed by atoms with Gasteiger partial charge in [0.05, 0.1) is 0 Å². The van der Waals surface area contributed by atoms with Crippen LogP contribution < -0.4 is 0 Å². The third-order valence-electron chi connectivity index (χ3n) is 17.6. The van der Waals surface area contributed by atoms with Crippen LogP contribution in [0.4, 0.5) is 0 Å². The van der Waals surface area contributed by atoms with Crippen molar-refractivity contribution in [1.82, 2.24) is 0 Å². The van der Waals surface area contributed by atoms with E-state index in [-0.39, 0.29) is 10.8 Å². The van der Waals surface area contributed by atoms with E-state index in [4.69, 9.17) is 6.58 Å². The van der Waals surface area contributed by atoms with Gasteiger partial charge in [-0.15, -0.1) is 0 Å². The Bertz CT molecular complexity index is 2550. The lowest BCUT2D eigenvalue weighted by atomic mass is 9.60. The predicted octanol–water partition coefficient (Wildman–Crippen LogP) is 15.8. The molecule has 9 unspecified atom stereocenters. The van der Waals surface area contributed by atoms with Crippen LogP contribution in [0, 0.1) is 52.8 Å². The molecule has 12 rings (SSSR count). The lowest BCUT2D eigenvalue weighted by Crippen LogP contribution is -2.35. The Balaban J connectivity index is 0.770. The van der Waals surface area contributed by atoms with Crippen LogP contribution in [0.2, 0.25) is 0 Å². The number of fused-ring (bicyclic) bond motifs is 8. The minimum atomic E-state index is 0.0531. The first-order valence-corrected chi connectivity index (χ1v) is 24.4. The maximum Gasteiger partial charge on any atom is 0.0399 e.